The van der Waals surface area contributed by atoms with Gasteiger partial charge in [0.2, 0.25) is 5.91 Å². The summed E-state index contributed by atoms with van der Waals surface area (Å²) >= 11 is 0. The zero-order valence-electron chi connectivity index (χ0n) is 10.6. The van der Waals surface area contributed by atoms with Crippen LogP contribution in [0.25, 0.3) is 0 Å². The van der Waals surface area contributed by atoms with Gasteiger partial charge in [-0.2, -0.15) is 0 Å². The van der Waals surface area contributed by atoms with Gasteiger partial charge in [-0.1, -0.05) is 12.1 Å². The predicted octanol–water partition coefficient (Wildman–Crippen LogP) is 1.67. The van der Waals surface area contributed by atoms with Gasteiger partial charge in [0.25, 0.3) is 0 Å². The fourth-order valence-corrected chi connectivity index (χ4v) is 1.72. The lowest BCUT2D eigenvalue weighted by Gasteiger charge is -2.08. The molecule has 1 aromatic rings. The van der Waals surface area contributed by atoms with E-state index < -0.39 is 0 Å². The van der Waals surface area contributed by atoms with Crippen LogP contribution in [0.15, 0.2) is 12.1 Å². The average Bonchev–Trinajstić information content (AvgIpc) is 2.26. The third-order valence-electron chi connectivity index (χ3n) is 2.48. The topological polar surface area (TPSA) is 41.1 Å². The molecular formula is C13H19FN2O. The minimum Gasteiger partial charge on any atom is -0.355 e. The average molecular weight is 238 g/mol. The molecule has 0 aliphatic carbocycles. The Hall–Kier alpha value is -1.42. The molecule has 0 saturated carbocycles. The zero-order valence-corrected chi connectivity index (χ0v) is 10.6. The van der Waals surface area contributed by atoms with Crippen LogP contribution in [0.1, 0.15) is 23.6 Å². The second-order valence-corrected chi connectivity index (χ2v) is 4.10. The van der Waals surface area contributed by atoms with Crippen LogP contribution in [0.3, 0.4) is 0 Å². The van der Waals surface area contributed by atoms with Gasteiger partial charge in [0.05, 0.1) is 6.54 Å². The molecule has 0 aliphatic rings. The highest BCUT2D eigenvalue weighted by Gasteiger charge is 2.04. The van der Waals surface area contributed by atoms with E-state index in [-0.39, 0.29) is 18.3 Å². The normalized spacial score (nSPS) is 10.4. The molecular weight excluding hydrogens is 219 g/mol. The van der Waals surface area contributed by atoms with E-state index >= 15 is 0 Å². The summed E-state index contributed by atoms with van der Waals surface area (Å²) in [6.07, 6.45) is 0. The monoisotopic (exact) mass is 238 g/mol. The van der Waals surface area contributed by atoms with Crippen LogP contribution < -0.4 is 10.6 Å². The van der Waals surface area contributed by atoms with Gasteiger partial charge >= 0.3 is 0 Å². The van der Waals surface area contributed by atoms with E-state index in [0.717, 1.165) is 5.56 Å². The molecule has 1 amide bonds. The number of hydrogen-bond acceptors (Lipinski definition) is 2. The third-order valence-corrected chi connectivity index (χ3v) is 2.48. The molecule has 0 aliphatic heterocycles. The number of aryl methyl sites for hydroxylation is 2. The Morgan fingerprint density at radius 3 is 2.41 bits per heavy atom. The number of nitrogens with one attached hydrogen (secondary N) is 2. The molecule has 0 aromatic heterocycles. The lowest BCUT2D eigenvalue weighted by atomic mass is 10.1. The van der Waals surface area contributed by atoms with Crippen molar-refractivity contribution in [3.05, 3.63) is 34.6 Å². The first-order valence-corrected chi connectivity index (χ1v) is 5.77. The van der Waals surface area contributed by atoms with Crippen molar-refractivity contribution in [2.75, 3.05) is 13.1 Å². The van der Waals surface area contributed by atoms with Crippen molar-refractivity contribution in [3.8, 4) is 0 Å². The number of carbonyl (C=O) groups excluding carboxylic acids is 1. The molecule has 0 unspecified atom stereocenters. The molecule has 0 radical (unpaired) electrons. The number of hydrogen-bond donors (Lipinski definition) is 2. The van der Waals surface area contributed by atoms with Crippen LogP contribution in [0.5, 0.6) is 0 Å². The summed E-state index contributed by atoms with van der Waals surface area (Å²) < 4.78 is 13.4. The van der Waals surface area contributed by atoms with E-state index in [1.54, 1.807) is 26.0 Å². The van der Waals surface area contributed by atoms with Crippen molar-refractivity contribution < 1.29 is 9.18 Å². The minimum absolute atomic E-state index is 0.0249. The molecule has 0 heterocycles. The highest BCUT2D eigenvalue weighted by molar-refractivity contribution is 5.77. The molecule has 1 aromatic carbocycles. The van der Waals surface area contributed by atoms with Crippen molar-refractivity contribution in [2.24, 2.45) is 0 Å². The lowest BCUT2D eigenvalue weighted by molar-refractivity contribution is -0.120. The van der Waals surface area contributed by atoms with Crippen LogP contribution in [0.4, 0.5) is 4.39 Å². The summed E-state index contributed by atoms with van der Waals surface area (Å²) in [6.45, 7) is 6.85. The lowest BCUT2D eigenvalue weighted by Crippen LogP contribution is -2.33. The van der Waals surface area contributed by atoms with Crippen LogP contribution >= 0.6 is 0 Å². The second-order valence-electron chi connectivity index (χ2n) is 4.10. The quantitative estimate of drug-likeness (QED) is 0.819. The molecule has 4 heteroatoms. The van der Waals surface area contributed by atoms with Gasteiger partial charge in [0.15, 0.2) is 0 Å². The smallest absolute Gasteiger partial charge is 0.233 e. The SMILES string of the molecule is CCNC(=O)CNCc1cc(C)c(F)c(C)c1. The van der Waals surface area contributed by atoms with Gasteiger partial charge < -0.3 is 10.6 Å². The van der Waals surface area contributed by atoms with E-state index in [1.165, 1.54) is 0 Å². The van der Waals surface area contributed by atoms with Gasteiger partial charge in [-0.05, 0) is 37.5 Å². The maximum absolute atomic E-state index is 13.4. The highest BCUT2D eigenvalue weighted by Crippen LogP contribution is 2.14. The van der Waals surface area contributed by atoms with Crippen molar-refractivity contribution in [1.29, 1.82) is 0 Å². The fraction of sp³-hybridized carbons (Fsp3) is 0.462. The van der Waals surface area contributed by atoms with E-state index in [2.05, 4.69) is 10.6 Å². The highest BCUT2D eigenvalue weighted by atomic mass is 19.1. The van der Waals surface area contributed by atoms with Crippen LogP contribution in [-0.4, -0.2) is 19.0 Å². The molecule has 0 fully saturated rings. The Labute approximate surface area is 101 Å². The van der Waals surface area contributed by atoms with Gasteiger partial charge in [-0.15, -0.1) is 0 Å². The van der Waals surface area contributed by atoms with Crippen molar-refractivity contribution >= 4 is 5.91 Å². The van der Waals surface area contributed by atoms with E-state index in [0.29, 0.717) is 24.2 Å². The Morgan fingerprint density at radius 1 is 1.29 bits per heavy atom. The molecule has 0 atom stereocenters. The van der Waals surface area contributed by atoms with Crippen LogP contribution in [0.2, 0.25) is 0 Å². The summed E-state index contributed by atoms with van der Waals surface area (Å²) in [5.74, 6) is -0.180. The van der Waals surface area contributed by atoms with E-state index in [1.807, 2.05) is 6.92 Å². The van der Waals surface area contributed by atoms with E-state index in [4.69, 9.17) is 0 Å². The van der Waals surface area contributed by atoms with Crippen molar-refractivity contribution in [3.63, 3.8) is 0 Å². The first-order valence-electron chi connectivity index (χ1n) is 5.77. The Kier molecular flexibility index (Phi) is 5.10. The Morgan fingerprint density at radius 2 is 1.88 bits per heavy atom. The summed E-state index contributed by atoms with van der Waals surface area (Å²) in [5.41, 5.74) is 2.27. The largest absolute Gasteiger partial charge is 0.355 e. The van der Waals surface area contributed by atoms with Crippen molar-refractivity contribution in [2.45, 2.75) is 27.3 Å². The number of likely N-dealkylation sites (N-methyl/N-ethyl adjacent to an activating group) is 1. The summed E-state index contributed by atoms with van der Waals surface area (Å²) in [6, 6.07) is 3.60. The van der Waals surface area contributed by atoms with Gasteiger partial charge in [-0.3, -0.25) is 4.79 Å². The number of rotatable bonds is 5. The maximum atomic E-state index is 13.4. The van der Waals surface area contributed by atoms with E-state index in [9.17, 15) is 9.18 Å². The first kappa shape index (κ1) is 13.6. The molecule has 0 spiro atoms. The standard InChI is InChI=1S/C13H19FN2O/c1-4-16-12(17)8-15-7-11-5-9(2)13(14)10(3)6-11/h5-6,15H,4,7-8H2,1-3H3,(H,16,17). The fourth-order valence-electron chi connectivity index (χ4n) is 1.72. The maximum Gasteiger partial charge on any atom is 0.233 e. The summed E-state index contributed by atoms with van der Waals surface area (Å²) in [7, 11) is 0. The minimum atomic E-state index is -0.155. The van der Waals surface area contributed by atoms with Gasteiger partial charge in [-0.25, -0.2) is 4.39 Å². The number of benzene rings is 1. The summed E-state index contributed by atoms with van der Waals surface area (Å²) in [5, 5.41) is 5.73. The predicted molar refractivity (Wildman–Crippen MR) is 66.3 cm³/mol. The van der Waals surface area contributed by atoms with Gasteiger partial charge in [0, 0.05) is 13.1 Å². The van der Waals surface area contributed by atoms with Gasteiger partial charge in [0.1, 0.15) is 5.82 Å². The molecule has 3 nitrogen and oxygen atoms in total. The van der Waals surface area contributed by atoms with Crippen LogP contribution in [0, 0.1) is 19.7 Å². The molecule has 94 valence electrons. The molecule has 0 saturated heterocycles. The second kappa shape index (κ2) is 6.35. The number of amides is 1. The van der Waals surface area contributed by atoms with Crippen LogP contribution in [-0.2, 0) is 11.3 Å². The third kappa shape index (κ3) is 4.15. The first-order chi connectivity index (χ1) is 8.04. The Bertz CT molecular complexity index is 381. The van der Waals surface area contributed by atoms with Crippen molar-refractivity contribution in [1.82, 2.24) is 10.6 Å². The number of halogens is 1. The molecule has 1 rings (SSSR count). The Balaban J connectivity index is 2.50. The zero-order chi connectivity index (χ0) is 12.8. The number of carbonyl (C=O) groups is 1. The molecule has 17 heavy (non-hydrogen) atoms. The molecule has 0 bridgehead atoms. The summed E-state index contributed by atoms with van der Waals surface area (Å²) in [4.78, 5) is 11.2. The molecule has 2 N–H and O–H groups in total.